The first-order valence-corrected chi connectivity index (χ1v) is 8.26. The molecule has 0 fully saturated rings. The number of carbonyl (C=O) groups excluding carboxylic acids is 1. The largest absolute Gasteiger partial charge is 0.504 e. The van der Waals surface area contributed by atoms with Crippen molar-refractivity contribution in [3.8, 4) is 11.5 Å². The third-order valence-corrected chi connectivity index (χ3v) is 4.02. The molecule has 2 aromatic rings. The van der Waals surface area contributed by atoms with E-state index in [1.807, 2.05) is 0 Å². The summed E-state index contributed by atoms with van der Waals surface area (Å²) in [5.74, 6) is 0.330. The number of phenols is 1. The third kappa shape index (κ3) is 5.80. The molecular formula is C20H25NO4. The van der Waals surface area contributed by atoms with Crippen LogP contribution in [0.3, 0.4) is 0 Å². The minimum Gasteiger partial charge on any atom is -0.504 e. The summed E-state index contributed by atoms with van der Waals surface area (Å²) < 4.78 is 10.6. The molecule has 0 saturated heterocycles. The predicted molar refractivity (Wildman–Crippen MR) is 96.9 cm³/mol. The van der Waals surface area contributed by atoms with Gasteiger partial charge in [0.05, 0.1) is 26.7 Å². The Hall–Kier alpha value is -2.53. The molecule has 0 saturated carbocycles. The van der Waals surface area contributed by atoms with Crippen molar-refractivity contribution in [1.29, 1.82) is 0 Å². The fourth-order valence-corrected chi connectivity index (χ4v) is 2.43. The van der Waals surface area contributed by atoms with Crippen molar-refractivity contribution in [3.05, 3.63) is 58.7 Å². The van der Waals surface area contributed by atoms with E-state index >= 15 is 0 Å². The number of aromatic hydroxyl groups is 1. The van der Waals surface area contributed by atoms with Crippen LogP contribution in [0.1, 0.15) is 22.3 Å². The quantitative estimate of drug-likeness (QED) is 0.723. The number of ether oxygens (including phenoxy) is 2. The predicted octanol–water partition coefficient (Wildman–Crippen LogP) is 2.89. The van der Waals surface area contributed by atoms with Gasteiger partial charge >= 0.3 is 0 Å². The Bertz CT molecular complexity index is 728. The Morgan fingerprint density at radius 1 is 1.08 bits per heavy atom. The van der Waals surface area contributed by atoms with Gasteiger partial charge in [-0.2, -0.15) is 0 Å². The highest BCUT2D eigenvalue weighted by atomic mass is 16.5. The van der Waals surface area contributed by atoms with Crippen LogP contribution >= 0.6 is 0 Å². The number of rotatable bonds is 8. The minimum absolute atomic E-state index is 0.0615. The lowest BCUT2D eigenvalue weighted by Crippen LogP contribution is -2.28. The van der Waals surface area contributed by atoms with Gasteiger partial charge in [0.2, 0.25) is 5.91 Å². The smallest absolute Gasteiger partial charge is 0.224 e. The lowest BCUT2D eigenvalue weighted by Gasteiger charge is -2.09. The van der Waals surface area contributed by atoms with Gasteiger partial charge in [0.25, 0.3) is 0 Å². The van der Waals surface area contributed by atoms with E-state index in [-0.39, 0.29) is 18.1 Å². The second-order valence-electron chi connectivity index (χ2n) is 6.00. The van der Waals surface area contributed by atoms with Gasteiger partial charge in [0.1, 0.15) is 0 Å². The molecule has 2 rings (SSSR count). The standard InChI is InChI=1S/C20H25NO4/c1-14-4-5-17(10-15(14)2)13-25-9-8-21-20(23)12-16-6-7-18(22)19(11-16)24-3/h4-7,10-11,22H,8-9,12-13H2,1-3H3,(H,21,23). The molecule has 25 heavy (non-hydrogen) atoms. The van der Waals surface area contributed by atoms with Crippen molar-refractivity contribution in [2.75, 3.05) is 20.3 Å². The van der Waals surface area contributed by atoms with Crippen molar-refractivity contribution in [2.24, 2.45) is 0 Å². The van der Waals surface area contributed by atoms with Crippen LogP contribution in [0, 0.1) is 13.8 Å². The Morgan fingerprint density at radius 3 is 2.56 bits per heavy atom. The maximum Gasteiger partial charge on any atom is 0.224 e. The summed E-state index contributed by atoms with van der Waals surface area (Å²) in [5.41, 5.74) is 4.43. The molecule has 0 heterocycles. The molecule has 5 nitrogen and oxygen atoms in total. The molecule has 0 atom stereocenters. The molecule has 2 aromatic carbocycles. The summed E-state index contributed by atoms with van der Waals surface area (Å²) in [4.78, 5) is 11.9. The van der Waals surface area contributed by atoms with Crippen LogP contribution in [0.25, 0.3) is 0 Å². The summed E-state index contributed by atoms with van der Waals surface area (Å²) >= 11 is 0. The van der Waals surface area contributed by atoms with E-state index in [1.165, 1.54) is 24.3 Å². The maximum atomic E-state index is 11.9. The van der Waals surface area contributed by atoms with Crippen LogP contribution in [0.2, 0.25) is 0 Å². The molecule has 0 bridgehead atoms. The molecule has 2 N–H and O–H groups in total. The lowest BCUT2D eigenvalue weighted by molar-refractivity contribution is -0.120. The Morgan fingerprint density at radius 2 is 1.84 bits per heavy atom. The fourth-order valence-electron chi connectivity index (χ4n) is 2.43. The van der Waals surface area contributed by atoms with Gasteiger partial charge in [0.15, 0.2) is 11.5 Å². The van der Waals surface area contributed by atoms with Crippen molar-refractivity contribution in [2.45, 2.75) is 26.9 Å². The molecule has 1 amide bonds. The summed E-state index contributed by atoms with van der Waals surface area (Å²) in [6.45, 7) is 5.61. The van der Waals surface area contributed by atoms with Gasteiger partial charge in [-0.1, -0.05) is 24.3 Å². The molecule has 0 spiro atoms. The summed E-state index contributed by atoms with van der Waals surface area (Å²) in [6, 6.07) is 11.1. The molecule has 0 unspecified atom stereocenters. The van der Waals surface area contributed by atoms with Crippen molar-refractivity contribution >= 4 is 5.91 Å². The van der Waals surface area contributed by atoms with E-state index in [0.29, 0.717) is 25.5 Å². The number of hydrogen-bond acceptors (Lipinski definition) is 4. The minimum atomic E-state index is -0.0949. The molecule has 0 aliphatic rings. The van der Waals surface area contributed by atoms with E-state index < -0.39 is 0 Å². The van der Waals surface area contributed by atoms with Crippen LogP contribution in [0.15, 0.2) is 36.4 Å². The highest BCUT2D eigenvalue weighted by Crippen LogP contribution is 2.26. The van der Waals surface area contributed by atoms with E-state index in [1.54, 1.807) is 12.1 Å². The van der Waals surface area contributed by atoms with Gasteiger partial charge in [-0.25, -0.2) is 0 Å². The monoisotopic (exact) mass is 343 g/mol. The highest BCUT2D eigenvalue weighted by Gasteiger charge is 2.07. The third-order valence-electron chi connectivity index (χ3n) is 4.02. The average molecular weight is 343 g/mol. The zero-order valence-corrected chi connectivity index (χ0v) is 15.0. The number of methoxy groups -OCH3 is 1. The van der Waals surface area contributed by atoms with Gasteiger partial charge in [-0.15, -0.1) is 0 Å². The molecule has 0 aromatic heterocycles. The van der Waals surface area contributed by atoms with E-state index in [2.05, 4.69) is 37.4 Å². The van der Waals surface area contributed by atoms with E-state index in [4.69, 9.17) is 9.47 Å². The molecular weight excluding hydrogens is 318 g/mol. The zero-order chi connectivity index (χ0) is 18.2. The molecule has 0 aliphatic carbocycles. The van der Waals surface area contributed by atoms with Crippen LogP contribution < -0.4 is 10.1 Å². The fraction of sp³-hybridized carbons (Fsp3) is 0.350. The summed E-state index contributed by atoms with van der Waals surface area (Å²) in [7, 11) is 1.48. The van der Waals surface area contributed by atoms with Crippen LogP contribution in [0.5, 0.6) is 11.5 Å². The number of nitrogens with one attached hydrogen (secondary N) is 1. The van der Waals surface area contributed by atoms with Gasteiger partial charge in [-0.05, 0) is 48.2 Å². The number of benzene rings is 2. The Labute approximate surface area is 148 Å². The topological polar surface area (TPSA) is 67.8 Å². The van der Waals surface area contributed by atoms with Crippen LogP contribution in [-0.4, -0.2) is 31.3 Å². The molecule has 134 valence electrons. The SMILES string of the molecule is COc1cc(CC(=O)NCCOCc2ccc(C)c(C)c2)ccc1O. The van der Waals surface area contributed by atoms with E-state index in [9.17, 15) is 9.90 Å². The Balaban J connectivity index is 1.69. The number of aryl methyl sites for hydroxylation is 2. The lowest BCUT2D eigenvalue weighted by atomic mass is 10.1. The van der Waals surface area contributed by atoms with Crippen LogP contribution in [-0.2, 0) is 22.6 Å². The summed E-state index contributed by atoms with van der Waals surface area (Å²) in [5, 5.41) is 12.4. The normalized spacial score (nSPS) is 10.5. The number of hydrogen-bond donors (Lipinski definition) is 2. The van der Waals surface area contributed by atoms with E-state index in [0.717, 1.165) is 11.1 Å². The Kier molecular flexibility index (Phi) is 6.83. The van der Waals surface area contributed by atoms with Crippen molar-refractivity contribution in [1.82, 2.24) is 5.32 Å². The highest BCUT2D eigenvalue weighted by molar-refractivity contribution is 5.78. The molecule has 0 radical (unpaired) electrons. The second-order valence-corrected chi connectivity index (χ2v) is 6.00. The summed E-state index contributed by atoms with van der Waals surface area (Å²) in [6.07, 6.45) is 0.230. The molecule has 0 aliphatic heterocycles. The van der Waals surface area contributed by atoms with Crippen LogP contribution in [0.4, 0.5) is 0 Å². The maximum absolute atomic E-state index is 11.9. The molecule has 5 heteroatoms. The first-order chi connectivity index (χ1) is 12.0. The first kappa shape index (κ1) is 18.8. The van der Waals surface area contributed by atoms with Crippen molar-refractivity contribution in [3.63, 3.8) is 0 Å². The average Bonchev–Trinajstić information content (AvgIpc) is 2.59. The van der Waals surface area contributed by atoms with Gasteiger partial charge < -0.3 is 19.9 Å². The number of amides is 1. The number of carbonyl (C=O) groups is 1. The van der Waals surface area contributed by atoms with Gasteiger partial charge in [0, 0.05) is 6.54 Å². The number of phenolic OH excluding ortho intramolecular Hbond substituents is 1. The second kappa shape index (κ2) is 9.08. The first-order valence-electron chi connectivity index (χ1n) is 8.26. The van der Waals surface area contributed by atoms with Gasteiger partial charge in [-0.3, -0.25) is 4.79 Å². The zero-order valence-electron chi connectivity index (χ0n) is 15.0. The van der Waals surface area contributed by atoms with Crippen molar-refractivity contribution < 1.29 is 19.4 Å².